The van der Waals surface area contributed by atoms with E-state index in [0.717, 1.165) is 12.8 Å². The maximum Gasteiger partial charge on any atom is 0.406 e. The summed E-state index contributed by atoms with van der Waals surface area (Å²) in [7, 11) is -3.27. The Morgan fingerprint density at radius 3 is 1.53 bits per heavy atom. The molecule has 0 radical (unpaired) electrons. The molecule has 2 aromatic rings. The highest BCUT2D eigenvalue weighted by atomic mass is 31.2. The monoisotopic (exact) mass is 434 g/mol. The zero-order chi connectivity index (χ0) is 22.6. The topological polar surface area (TPSA) is 73.6 Å². The first-order valence-electron chi connectivity index (χ1n) is 10.7. The van der Waals surface area contributed by atoms with Crippen molar-refractivity contribution in [1.29, 1.82) is 0 Å². The van der Waals surface area contributed by atoms with Crippen LogP contribution in [-0.2, 0) is 26.5 Å². The Morgan fingerprint density at radius 2 is 1.17 bits per heavy atom. The predicted octanol–water partition coefficient (Wildman–Crippen LogP) is 5.74. The van der Waals surface area contributed by atoms with Crippen molar-refractivity contribution in [2.75, 3.05) is 0 Å². The largest absolute Gasteiger partial charge is 0.406 e. The quantitative estimate of drug-likeness (QED) is 0.466. The number of rotatable bonds is 10. The van der Waals surface area contributed by atoms with Crippen molar-refractivity contribution >= 4 is 7.75 Å². The minimum absolute atomic E-state index is 0.000679. The van der Waals surface area contributed by atoms with E-state index in [1.54, 1.807) is 0 Å². The summed E-state index contributed by atoms with van der Waals surface area (Å²) in [5, 5.41) is 3.02. The molecule has 0 saturated carbocycles. The van der Waals surface area contributed by atoms with Gasteiger partial charge in [-0.15, -0.1) is 0 Å². The van der Waals surface area contributed by atoms with Crippen LogP contribution in [0.4, 0.5) is 0 Å². The van der Waals surface area contributed by atoms with Gasteiger partial charge in [0.05, 0.1) is 12.2 Å². The Hall–Kier alpha value is -1.49. The van der Waals surface area contributed by atoms with Gasteiger partial charge in [-0.1, -0.05) is 60.7 Å². The van der Waals surface area contributed by atoms with E-state index in [0.29, 0.717) is 0 Å². The number of hydrogen-bond donors (Lipinski definition) is 2. The first kappa shape index (κ1) is 26.5. The van der Waals surface area contributed by atoms with Gasteiger partial charge >= 0.3 is 7.75 Å². The van der Waals surface area contributed by atoms with Crippen LogP contribution in [0.25, 0.3) is 0 Å². The van der Waals surface area contributed by atoms with Crippen molar-refractivity contribution in [3.05, 3.63) is 71.8 Å². The van der Waals surface area contributed by atoms with E-state index in [9.17, 15) is 4.57 Å². The van der Waals surface area contributed by atoms with Crippen LogP contribution in [0.5, 0.6) is 0 Å². The summed E-state index contributed by atoms with van der Waals surface area (Å²) >= 11 is 0. The number of nitrogens with one attached hydrogen (secondary N) is 1. The van der Waals surface area contributed by atoms with Crippen molar-refractivity contribution in [3.63, 3.8) is 0 Å². The van der Waals surface area contributed by atoms with E-state index in [-0.39, 0.29) is 24.3 Å². The molecule has 0 aliphatic carbocycles. The van der Waals surface area contributed by atoms with Gasteiger partial charge in [0, 0.05) is 12.1 Å². The minimum Gasteiger partial charge on any atom is -0.328 e. The average molecular weight is 435 g/mol. The van der Waals surface area contributed by atoms with Crippen LogP contribution in [-0.4, -0.2) is 24.3 Å². The van der Waals surface area contributed by atoms with Gasteiger partial charge < -0.3 is 5.73 Å². The van der Waals surface area contributed by atoms with Crippen LogP contribution in [0, 0.1) is 0 Å². The molecule has 0 saturated heterocycles. The summed E-state index contributed by atoms with van der Waals surface area (Å²) in [4.78, 5) is 0. The van der Waals surface area contributed by atoms with E-state index >= 15 is 0 Å². The second-order valence-corrected chi connectivity index (χ2v) is 9.87. The summed E-state index contributed by atoms with van der Waals surface area (Å²) < 4.78 is 23.6. The normalized spacial score (nSPS) is 13.6. The van der Waals surface area contributed by atoms with Gasteiger partial charge in [0.25, 0.3) is 0 Å². The van der Waals surface area contributed by atoms with Crippen molar-refractivity contribution < 1.29 is 13.6 Å². The van der Waals surface area contributed by atoms with Crippen LogP contribution in [0.15, 0.2) is 60.7 Å². The van der Waals surface area contributed by atoms with Crippen molar-refractivity contribution in [1.82, 2.24) is 5.09 Å². The number of nitrogens with two attached hydrogens (primary N) is 1. The molecule has 6 heteroatoms. The summed E-state index contributed by atoms with van der Waals surface area (Å²) in [5.74, 6) is 0. The van der Waals surface area contributed by atoms with Crippen LogP contribution in [0.1, 0.15) is 52.7 Å². The third-order valence-corrected chi connectivity index (χ3v) is 6.02. The van der Waals surface area contributed by atoms with E-state index in [2.05, 4.69) is 29.4 Å². The zero-order valence-corrected chi connectivity index (χ0v) is 20.1. The molecular weight excluding hydrogens is 395 g/mol. The van der Waals surface area contributed by atoms with Gasteiger partial charge in [0.15, 0.2) is 0 Å². The standard InChI is InChI=1S/C15H26NO3P.C9H13N/c1-12(2)18-20(17,19-13(3)4)16-14(5)11-15-9-7-6-8-10-15;1-8(10)7-9-5-3-2-4-6-9/h6-10,12-14H,11H2,1-5H3,(H,16,17);2-6,8H,7,10H2,1H3/t14-;8-/m00/s1. The summed E-state index contributed by atoms with van der Waals surface area (Å²) in [6.45, 7) is 11.4. The summed E-state index contributed by atoms with van der Waals surface area (Å²) in [6.07, 6.45) is 1.43. The Bertz CT molecular complexity index is 723. The second kappa shape index (κ2) is 13.7. The van der Waals surface area contributed by atoms with E-state index in [1.165, 1.54) is 11.1 Å². The third-order valence-electron chi connectivity index (χ3n) is 3.86. The maximum atomic E-state index is 12.7. The first-order chi connectivity index (χ1) is 14.1. The molecule has 0 fully saturated rings. The second-order valence-electron chi connectivity index (χ2n) is 8.19. The molecule has 30 heavy (non-hydrogen) atoms. The molecule has 0 unspecified atom stereocenters. The van der Waals surface area contributed by atoms with Gasteiger partial charge in [0.1, 0.15) is 0 Å². The van der Waals surface area contributed by atoms with Gasteiger partial charge in [-0.3, -0.25) is 9.05 Å². The molecule has 2 aromatic carbocycles. The van der Waals surface area contributed by atoms with E-state index < -0.39 is 7.75 Å². The lowest BCUT2D eigenvalue weighted by atomic mass is 10.1. The highest BCUT2D eigenvalue weighted by molar-refractivity contribution is 7.51. The first-order valence-corrected chi connectivity index (χ1v) is 12.2. The van der Waals surface area contributed by atoms with Gasteiger partial charge in [-0.05, 0) is 65.5 Å². The lowest BCUT2D eigenvalue weighted by molar-refractivity contribution is 0.133. The van der Waals surface area contributed by atoms with Gasteiger partial charge in [-0.25, -0.2) is 9.65 Å². The fraction of sp³-hybridized carbons (Fsp3) is 0.500. The third kappa shape index (κ3) is 12.3. The molecule has 2 atom stereocenters. The molecule has 0 amide bonds. The van der Waals surface area contributed by atoms with Crippen LogP contribution >= 0.6 is 7.75 Å². The minimum atomic E-state index is -3.27. The lowest BCUT2D eigenvalue weighted by Gasteiger charge is -2.26. The average Bonchev–Trinajstić information content (AvgIpc) is 2.61. The number of hydrogen-bond acceptors (Lipinski definition) is 4. The van der Waals surface area contributed by atoms with Crippen LogP contribution in [0.2, 0.25) is 0 Å². The van der Waals surface area contributed by atoms with Crippen molar-refractivity contribution in [2.45, 2.75) is 78.7 Å². The molecule has 3 N–H and O–H groups in total. The zero-order valence-electron chi connectivity index (χ0n) is 19.2. The molecule has 168 valence electrons. The fourth-order valence-corrected chi connectivity index (χ4v) is 4.82. The Balaban J connectivity index is 0.000000375. The molecule has 0 spiro atoms. The van der Waals surface area contributed by atoms with Gasteiger partial charge in [-0.2, -0.15) is 0 Å². The Kier molecular flexibility index (Phi) is 12.2. The van der Waals surface area contributed by atoms with E-state index in [1.807, 2.05) is 77.9 Å². The smallest absolute Gasteiger partial charge is 0.328 e. The molecule has 5 nitrogen and oxygen atoms in total. The molecule has 0 aliphatic rings. The summed E-state index contributed by atoms with van der Waals surface area (Å²) in [6, 6.07) is 20.6. The highest BCUT2D eigenvalue weighted by Crippen LogP contribution is 2.46. The van der Waals surface area contributed by atoms with Gasteiger partial charge in [0.2, 0.25) is 0 Å². The predicted molar refractivity (Wildman–Crippen MR) is 127 cm³/mol. The highest BCUT2D eigenvalue weighted by Gasteiger charge is 2.29. The molecular formula is C24H39N2O3P. The van der Waals surface area contributed by atoms with Crippen LogP contribution in [0.3, 0.4) is 0 Å². The Morgan fingerprint density at radius 1 is 0.767 bits per heavy atom. The molecule has 0 aromatic heterocycles. The van der Waals surface area contributed by atoms with Crippen LogP contribution < -0.4 is 10.8 Å². The SMILES string of the molecule is CC(C)OP(=O)(N[C@@H](C)Cc1ccccc1)OC(C)C.C[C@H](N)Cc1ccccc1. The summed E-state index contributed by atoms with van der Waals surface area (Å²) in [5.41, 5.74) is 8.13. The molecule has 0 aliphatic heterocycles. The number of benzene rings is 2. The van der Waals surface area contributed by atoms with Crippen molar-refractivity contribution in [2.24, 2.45) is 5.73 Å². The molecule has 0 bridgehead atoms. The Labute approximate surface area is 183 Å². The lowest BCUT2D eigenvalue weighted by Crippen LogP contribution is -2.29. The maximum absolute atomic E-state index is 12.7. The molecule has 2 rings (SSSR count). The van der Waals surface area contributed by atoms with Crippen molar-refractivity contribution in [3.8, 4) is 0 Å². The fourth-order valence-electron chi connectivity index (χ4n) is 2.91. The molecule has 0 heterocycles. The van der Waals surface area contributed by atoms with E-state index in [4.69, 9.17) is 14.8 Å².